The summed E-state index contributed by atoms with van der Waals surface area (Å²) in [5.41, 5.74) is 1.68. The van der Waals surface area contributed by atoms with Crippen LogP contribution in [0.4, 0.5) is 0 Å². The molecule has 4 N–H and O–H groups in total. The van der Waals surface area contributed by atoms with Gasteiger partial charge in [-0.15, -0.1) is 0 Å². The highest BCUT2D eigenvalue weighted by Gasteiger charge is 2.28. The SMILES string of the molecule is CC(c1ccccc1)C(NC(=O)c1cc2ccc(O)cc2[nH]1)C(=O)O. The Morgan fingerprint density at radius 3 is 2.48 bits per heavy atom. The fourth-order valence-corrected chi connectivity index (χ4v) is 2.81. The van der Waals surface area contributed by atoms with E-state index in [1.54, 1.807) is 19.1 Å². The maximum atomic E-state index is 12.5. The van der Waals surface area contributed by atoms with E-state index < -0.39 is 23.8 Å². The van der Waals surface area contributed by atoms with Crippen LogP contribution in [0.2, 0.25) is 0 Å². The molecule has 2 aromatic carbocycles. The Bertz CT molecular complexity index is 918. The molecular formula is C19H18N2O4. The lowest BCUT2D eigenvalue weighted by molar-refractivity contribution is -0.139. The molecule has 2 unspecified atom stereocenters. The van der Waals surface area contributed by atoms with Crippen molar-refractivity contribution in [3.8, 4) is 5.75 Å². The van der Waals surface area contributed by atoms with Gasteiger partial charge in [-0.25, -0.2) is 4.79 Å². The molecule has 128 valence electrons. The number of carbonyl (C=O) groups is 2. The van der Waals surface area contributed by atoms with Gasteiger partial charge in [0.1, 0.15) is 17.5 Å². The second-order valence-electron chi connectivity index (χ2n) is 5.94. The molecule has 0 saturated heterocycles. The third kappa shape index (κ3) is 3.47. The number of phenolic OH excluding ortho intramolecular Hbond substituents is 1. The highest BCUT2D eigenvalue weighted by molar-refractivity contribution is 6.00. The standard InChI is InChI=1S/C19H18N2O4/c1-11(12-5-3-2-4-6-12)17(19(24)25)21-18(23)16-9-13-7-8-14(22)10-15(13)20-16/h2-11,17,20,22H,1H3,(H,21,23)(H,24,25). The molecule has 0 aliphatic heterocycles. The zero-order chi connectivity index (χ0) is 18.0. The summed E-state index contributed by atoms with van der Waals surface area (Å²) in [6, 6.07) is 14.4. The van der Waals surface area contributed by atoms with Crippen molar-refractivity contribution >= 4 is 22.8 Å². The molecule has 0 aliphatic carbocycles. The monoisotopic (exact) mass is 338 g/mol. The number of aromatic hydroxyl groups is 1. The Morgan fingerprint density at radius 1 is 1.08 bits per heavy atom. The van der Waals surface area contributed by atoms with Crippen molar-refractivity contribution in [2.45, 2.75) is 18.9 Å². The summed E-state index contributed by atoms with van der Waals surface area (Å²) in [4.78, 5) is 27.0. The van der Waals surface area contributed by atoms with Crippen LogP contribution in [-0.2, 0) is 4.79 Å². The molecule has 1 amide bonds. The molecule has 0 radical (unpaired) electrons. The van der Waals surface area contributed by atoms with Crippen LogP contribution in [0.1, 0.15) is 28.9 Å². The Kier molecular flexibility index (Phi) is 4.43. The van der Waals surface area contributed by atoms with Crippen molar-refractivity contribution in [1.82, 2.24) is 10.3 Å². The molecule has 0 spiro atoms. The predicted octanol–water partition coefficient (Wildman–Crippen LogP) is 2.86. The van der Waals surface area contributed by atoms with Gasteiger partial charge in [-0.3, -0.25) is 4.79 Å². The first-order chi connectivity index (χ1) is 12.0. The molecular weight excluding hydrogens is 320 g/mol. The van der Waals surface area contributed by atoms with Crippen LogP contribution in [0, 0.1) is 0 Å². The minimum absolute atomic E-state index is 0.0856. The molecule has 6 heteroatoms. The van der Waals surface area contributed by atoms with Crippen molar-refractivity contribution in [3.05, 3.63) is 65.9 Å². The van der Waals surface area contributed by atoms with Gasteiger partial charge in [0.05, 0.1) is 0 Å². The van der Waals surface area contributed by atoms with Crippen LogP contribution in [0.25, 0.3) is 10.9 Å². The molecule has 0 fully saturated rings. The minimum Gasteiger partial charge on any atom is -0.508 e. The van der Waals surface area contributed by atoms with E-state index in [0.717, 1.165) is 10.9 Å². The molecule has 25 heavy (non-hydrogen) atoms. The van der Waals surface area contributed by atoms with Crippen molar-refractivity contribution in [1.29, 1.82) is 0 Å². The van der Waals surface area contributed by atoms with E-state index in [-0.39, 0.29) is 11.4 Å². The predicted molar refractivity (Wildman–Crippen MR) is 93.7 cm³/mol. The van der Waals surface area contributed by atoms with Crippen molar-refractivity contribution in [2.24, 2.45) is 0 Å². The molecule has 0 aliphatic rings. The molecule has 2 atom stereocenters. The van der Waals surface area contributed by atoms with E-state index in [9.17, 15) is 19.8 Å². The van der Waals surface area contributed by atoms with Crippen molar-refractivity contribution in [2.75, 3.05) is 0 Å². The van der Waals surface area contributed by atoms with Crippen LogP contribution in [0.15, 0.2) is 54.6 Å². The highest BCUT2D eigenvalue weighted by atomic mass is 16.4. The van der Waals surface area contributed by atoms with E-state index in [2.05, 4.69) is 10.3 Å². The van der Waals surface area contributed by atoms with Crippen molar-refractivity contribution < 1.29 is 19.8 Å². The van der Waals surface area contributed by atoms with Crippen LogP contribution >= 0.6 is 0 Å². The number of aromatic nitrogens is 1. The third-order valence-electron chi connectivity index (χ3n) is 4.23. The lowest BCUT2D eigenvalue weighted by atomic mass is 9.93. The Balaban J connectivity index is 1.83. The van der Waals surface area contributed by atoms with Crippen LogP contribution in [-0.4, -0.2) is 33.1 Å². The number of hydrogen-bond donors (Lipinski definition) is 4. The quantitative estimate of drug-likeness (QED) is 0.574. The van der Waals surface area contributed by atoms with E-state index >= 15 is 0 Å². The van der Waals surface area contributed by atoms with E-state index in [4.69, 9.17) is 0 Å². The van der Waals surface area contributed by atoms with E-state index in [1.165, 1.54) is 12.1 Å². The molecule has 6 nitrogen and oxygen atoms in total. The van der Waals surface area contributed by atoms with Gasteiger partial charge in [-0.1, -0.05) is 37.3 Å². The zero-order valence-electron chi connectivity index (χ0n) is 13.6. The average Bonchev–Trinajstić information content (AvgIpc) is 3.02. The number of H-pyrrole nitrogens is 1. The summed E-state index contributed by atoms with van der Waals surface area (Å²) in [5.74, 6) is -1.91. The summed E-state index contributed by atoms with van der Waals surface area (Å²) in [6.45, 7) is 1.76. The second-order valence-corrected chi connectivity index (χ2v) is 5.94. The van der Waals surface area contributed by atoms with E-state index in [0.29, 0.717) is 5.52 Å². The number of carbonyl (C=O) groups excluding carboxylic acids is 1. The number of fused-ring (bicyclic) bond motifs is 1. The maximum Gasteiger partial charge on any atom is 0.326 e. The number of benzene rings is 2. The fraction of sp³-hybridized carbons (Fsp3) is 0.158. The van der Waals surface area contributed by atoms with Gasteiger partial charge in [0.15, 0.2) is 0 Å². The summed E-state index contributed by atoms with van der Waals surface area (Å²) in [5, 5.41) is 22.3. The lowest BCUT2D eigenvalue weighted by Gasteiger charge is -2.21. The van der Waals surface area contributed by atoms with Crippen LogP contribution in [0.5, 0.6) is 5.75 Å². The average molecular weight is 338 g/mol. The number of phenols is 1. The summed E-state index contributed by atoms with van der Waals surface area (Å²) in [7, 11) is 0. The topological polar surface area (TPSA) is 102 Å². The highest BCUT2D eigenvalue weighted by Crippen LogP contribution is 2.22. The van der Waals surface area contributed by atoms with Crippen LogP contribution in [0.3, 0.4) is 0 Å². The van der Waals surface area contributed by atoms with Gasteiger partial charge < -0.3 is 20.5 Å². The molecule has 1 heterocycles. The van der Waals surface area contributed by atoms with Gasteiger partial charge in [0, 0.05) is 22.9 Å². The van der Waals surface area contributed by atoms with Crippen molar-refractivity contribution in [3.63, 3.8) is 0 Å². The van der Waals surface area contributed by atoms with Gasteiger partial charge in [0.25, 0.3) is 5.91 Å². The second kappa shape index (κ2) is 6.68. The third-order valence-corrected chi connectivity index (χ3v) is 4.23. The fourth-order valence-electron chi connectivity index (χ4n) is 2.81. The first kappa shape index (κ1) is 16.6. The number of aromatic amines is 1. The summed E-state index contributed by atoms with van der Waals surface area (Å²) in [6.07, 6.45) is 0. The van der Waals surface area contributed by atoms with Gasteiger partial charge in [0.2, 0.25) is 0 Å². The smallest absolute Gasteiger partial charge is 0.326 e. The largest absolute Gasteiger partial charge is 0.508 e. The number of hydrogen-bond acceptors (Lipinski definition) is 3. The van der Waals surface area contributed by atoms with Gasteiger partial charge >= 0.3 is 5.97 Å². The summed E-state index contributed by atoms with van der Waals surface area (Å²) < 4.78 is 0. The number of carboxylic acid groups (broad SMARTS) is 1. The molecule has 0 saturated carbocycles. The molecule has 3 rings (SSSR count). The summed E-state index contributed by atoms with van der Waals surface area (Å²) >= 11 is 0. The number of carboxylic acids is 1. The zero-order valence-corrected chi connectivity index (χ0v) is 13.6. The lowest BCUT2D eigenvalue weighted by Crippen LogP contribution is -2.44. The maximum absolute atomic E-state index is 12.5. The van der Waals surface area contributed by atoms with E-state index in [1.807, 2.05) is 30.3 Å². The number of rotatable bonds is 5. The first-order valence-corrected chi connectivity index (χ1v) is 7.86. The number of amides is 1. The Hall–Kier alpha value is -3.28. The molecule has 1 aromatic heterocycles. The Labute approximate surface area is 144 Å². The number of nitrogens with one attached hydrogen (secondary N) is 2. The van der Waals surface area contributed by atoms with Crippen LogP contribution < -0.4 is 5.32 Å². The Morgan fingerprint density at radius 2 is 1.80 bits per heavy atom. The minimum atomic E-state index is -1.10. The normalized spacial score (nSPS) is 13.3. The van der Waals surface area contributed by atoms with Gasteiger partial charge in [-0.05, 0) is 23.8 Å². The first-order valence-electron chi connectivity index (χ1n) is 7.86. The van der Waals surface area contributed by atoms with Gasteiger partial charge in [-0.2, -0.15) is 0 Å². The number of aliphatic carboxylic acids is 1. The molecule has 0 bridgehead atoms. The molecule has 3 aromatic rings.